The Morgan fingerprint density at radius 2 is 1.88 bits per heavy atom. The van der Waals surface area contributed by atoms with Crippen LogP contribution in [0.25, 0.3) is 0 Å². The minimum Gasteiger partial charge on any atom is -0.378 e. The quantitative estimate of drug-likeness (QED) is 0.548. The Hall–Kier alpha value is -1.76. The van der Waals surface area contributed by atoms with Crippen molar-refractivity contribution >= 4 is 21.5 Å². The van der Waals surface area contributed by atoms with E-state index in [-0.39, 0.29) is 11.8 Å². The molecule has 1 unspecified atom stereocenters. The van der Waals surface area contributed by atoms with E-state index >= 15 is 0 Å². The number of sulfone groups is 1. The van der Waals surface area contributed by atoms with Crippen LogP contribution in [0.5, 0.6) is 0 Å². The fourth-order valence-corrected chi connectivity index (χ4v) is 2.87. The predicted molar refractivity (Wildman–Crippen MR) is 103 cm³/mol. The third kappa shape index (κ3) is 8.19. The standard InChI is InChI=1S/C17H30N4O2S/c1-6-18-17(20-14(2)11-12-24(5,22)23)19-13-15-7-9-16(10-8-15)21(3)4/h7-10,14H,6,11-13H2,1-5H3,(H2,18,19,20). The molecule has 136 valence electrons. The highest BCUT2D eigenvalue weighted by Gasteiger charge is 2.09. The summed E-state index contributed by atoms with van der Waals surface area (Å²) in [6.07, 6.45) is 1.82. The molecule has 0 amide bonds. The zero-order valence-corrected chi connectivity index (χ0v) is 16.2. The molecule has 0 saturated heterocycles. The van der Waals surface area contributed by atoms with Crippen LogP contribution in [0.3, 0.4) is 0 Å². The highest BCUT2D eigenvalue weighted by molar-refractivity contribution is 7.90. The molecule has 0 spiro atoms. The first-order chi connectivity index (χ1) is 11.2. The summed E-state index contributed by atoms with van der Waals surface area (Å²) in [5, 5.41) is 6.45. The van der Waals surface area contributed by atoms with Crippen molar-refractivity contribution in [3.63, 3.8) is 0 Å². The van der Waals surface area contributed by atoms with E-state index in [1.54, 1.807) is 0 Å². The topological polar surface area (TPSA) is 73.8 Å². The minimum atomic E-state index is -2.94. The number of hydrogen-bond donors (Lipinski definition) is 2. The lowest BCUT2D eigenvalue weighted by Crippen LogP contribution is -2.42. The molecule has 0 saturated carbocycles. The van der Waals surface area contributed by atoms with Gasteiger partial charge in [-0.3, -0.25) is 0 Å². The summed E-state index contributed by atoms with van der Waals surface area (Å²) in [5.74, 6) is 0.877. The van der Waals surface area contributed by atoms with Gasteiger partial charge in [-0.05, 0) is 38.0 Å². The van der Waals surface area contributed by atoms with Crippen LogP contribution in [0.1, 0.15) is 25.8 Å². The van der Waals surface area contributed by atoms with Gasteiger partial charge in [0.05, 0.1) is 12.3 Å². The van der Waals surface area contributed by atoms with Gasteiger partial charge in [-0.1, -0.05) is 12.1 Å². The van der Waals surface area contributed by atoms with Gasteiger partial charge in [-0.2, -0.15) is 0 Å². The van der Waals surface area contributed by atoms with Crippen molar-refractivity contribution in [2.24, 2.45) is 4.99 Å². The Bertz CT molecular complexity index is 624. The lowest BCUT2D eigenvalue weighted by Gasteiger charge is -2.17. The van der Waals surface area contributed by atoms with Gasteiger partial charge in [-0.15, -0.1) is 0 Å². The predicted octanol–water partition coefficient (Wildman–Crippen LogP) is 1.63. The molecule has 1 atom stereocenters. The van der Waals surface area contributed by atoms with E-state index in [2.05, 4.69) is 44.8 Å². The number of nitrogens with zero attached hydrogens (tertiary/aromatic N) is 2. The summed E-state index contributed by atoms with van der Waals surface area (Å²) in [5.41, 5.74) is 2.28. The van der Waals surface area contributed by atoms with Crippen molar-refractivity contribution in [1.29, 1.82) is 0 Å². The van der Waals surface area contributed by atoms with Crippen molar-refractivity contribution in [2.45, 2.75) is 32.9 Å². The fourth-order valence-electron chi connectivity index (χ4n) is 2.09. The van der Waals surface area contributed by atoms with E-state index in [0.717, 1.165) is 17.8 Å². The van der Waals surface area contributed by atoms with Crippen LogP contribution in [0.2, 0.25) is 0 Å². The third-order valence-corrected chi connectivity index (χ3v) is 4.50. The van der Waals surface area contributed by atoms with E-state index in [4.69, 9.17) is 0 Å². The molecule has 0 fully saturated rings. The molecule has 0 aromatic heterocycles. The van der Waals surface area contributed by atoms with E-state index in [0.29, 0.717) is 18.9 Å². The maximum absolute atomic E-state index is 11.3. The van der Waals surface area contributed by atoms with Gasteiger partial charge in [0.2, 0.25) is 0 Å². The molecule has 2 N–H and O–H groups in total. The molecule has 0 bridgehead atoms. The Labute approximate surface area is 146 Å². The SMILES string of the molecule is CCNC(=NCc1ccc(N(C)C)cc1)NC(C)CCS(C)(=O)=O. The van der Waals surface area contributed by atoms with Gasteiger partial charge in [0.15, 0.2) is 5.96 Å². The monoisotopic (exact) mass is 354 g/mol. The summed E-state index contributed by atoms with van der Waals surface area (Å²) >= 11 is 0. The van der Waals surface area contributed by atoms with Crippen molar-refractivity contribution < 1.29 is 8.42 Å². The van der Waals surface area contributed by atoms with Crippen molar-refractivity contribution in [1.82, 2.24) is 10.6 Å². The first-order valence-electron chi connectivity index (χ1n) is 8.20. The molecule has 24 heavy (non-hydrogen) atoms. The van der Waals surface area contributed by atoms with E-state index in [1.807, 2.05) is 27.9 Å². The summed E-state index contributed by atoms with van der Waals surface area (Å²) in [6.45, 7) is 5.29. The van der Waals surface area contributed by atoms with Crippen LogP contribution in [0, 0.1) is 0 Å². The minimum absolute atomic E-state index is 0.0358. The van der Waals surface area contributed by atoms with Crippen molar-refractivity contribution in [2.75, 3.05) is 37.5 Å². The second kappa shape index (κ2) is 9.52. The first-order valence-corrected chi connectivity index (χ1v) is 10.3. The van der Waals surface area contributed by atoms with Gasteiger partial charge in [0.25, 0.3) is 0 Å². The van der Waals surface area contributed by atoms with Crippen LogP contribution < -0.4 is 15.5 Å². The summed E-state index contributed by atoms with van der Waals surface area (Å²) in [4.78, 5) is 6.63. The largest absolute Gasteiger partial charge is 0.378 e. The molecule has 0 radical (unpaired) electrons. The van der Waals surface area contributed by atoms with Crippen LogP contribution in [0.15, 0.2) is 29.3 Å². The zero-order chi connectivity index (χ0) is 18.2. The van der Waals surface area contributed by atoms with E-state index in [1.165, 1.54) is 6.26 Å². The van der Waals surface area contributed by atoms with Gasteiger partial charge in [-0.25, -0.2) is 13.4 Å². The molecule has 6 nitrogen and oxygen atoms in total. The maximum atomic E-state index is 11.3. The average Bonchev–Trinajstić information content (AvgIpc) is 2.50. The summed E-state index contributed by atoms with van der Waals surface area (Å²) < 4.78 is 22.5. The van der Waals surface area contributed by atoms with Crippen LogP contribution in [-0.2, 0) is 16.4 Å². The molecule has 0 heterocycles. The van der Waals surface area contributed by atoms with Crippen LogP contribution in [0.4, 0.5) is 5.69 Å². The van der Waals surface area contributed by atoms with Gasteiger partial charge >= 0.3 is 0 Å². The van der Waals surface area contributed by atoms with Gasteiger partial charge in [0, 0.05) is 38.6 Å². The zero-order valence-electron chi connectivity index (χ0n) is 15.3. The highest BCUT2D eigenvalue weighted by Crippen LogP contribution is 2.12. The Morgan fingerprint density at radius 1 is 1.25 bits per heavy atom. The number of nitrogens with one attached hydrogen (secondary N) is 2. The number of anilines is 1. The van der Waals surface area contributed by atoms with Crippen molar-refractivity contribution in [3.8, 4) is 0 Å². The second-order valence-corrected chi connectivity index (χ2v) is 8.48. The molecule has 1 aromatic rings. The first kappa shape index (κ1) is 20.3. The van der Waals surface area contributed by atoms with Crippen LogP contribution in [-0.4, -0.2) is 53.1 Å². The average molecular weight is 355 g/mol. The van der Waals surface area contributed by atoms with E-state index < -0.39 is 9.84 Å². The van der Waals surface area contributed by atoms with Gasteiger partial charge in [0.1, 0.15) is 9.84 Å². The van der Waals surface area contributed by atoms with E-state index in [9.17, 15) is 8.42 Å². The molecular weight excluding hydrogens is 324 g/mol. The van der Waals surface area contributed by atoms with Crippen LogP contribution >= 0.6 is 0 Å². The molecule has 0 aliphatic carbocycles. The third-order valence-electron chi connectivity index (χ3n) is 3.52. The lowest BCUT2D eigenvalue weighted by atomic mass is 10.2. The molecular formula is C17H30N4O2S. The molecule has 1 aromatic carbocycles. The number of aliphatic imine (C=N–C) groups is 1. The number of rotatable bonds is 8. The Balaban J connectivity index is 2.64. The van der Waals surface area contributed by atoms with Crippen molar-refractivity contribution in [3.05, 3.63) is 29.8 Å². The molecule has 0 aliphatic rings. The lowest BCUT2D eigenvalue weighted by molar-refractivity contribution is 0.581. The number of hydrogen-bond acceptors (Lipinski definition) is 4. The maximum Gasteiger partial charge on any atom is 0.191 e. The molecule has 7 heteroatoms. The molecule has 0 aliphatic heterocycles. The highest BCUT2D eigenvalue weighted by atomic mass is 32.2. The number of benzene rings is 1. The number of guanidine groups is 1. The van der Waals surface area contributed by atoms with Gasteiger partial charge < -0.3 is 15.5 Å². The summed E-state index contributed by atoms with van der Waals surface area (Å²) in [6, 6.07) is 8.30. The summed E-state index contributed by atoms with van der Waals surface area (Å²) in [7, 11) is 1.09. The Morgan fingerprint density at radius 3 is 2.38 bits per heavy atom. The smallest absolute Gasteiger partial charge is 0.191 e. The second-order valence-electron chi connectivity index (χ2n) is 6.22. The fraction of sp³-hybridized carbons (Fsp3) is 0.588. The normalized spacial score (nSPS) is 13.5. The molecule has 1 rings (SSSR count). The Kier molecular flexibility index (Phi) is 8.04.